The molecule has 1 fully saturated rings. The van der Waals surface area contributed by atoms with Crippen LogP contribution in [0.5, 0.6) is 5.75 Å². The molecule has 0 radical (unpaired) electrons. The normalized spacial score (nSPS) is 15.6. The molecule has 1 aromatic heterocycles. The molecule has 0 amide bonds. The fourth-order valence-corrected chi connectivity index (χ4v) is 3.95. The molecule has 2 N–H and O–H groups in total. The number of rotatable bonds is 7. The number of hydrogen-bond acceptors (Lipinski definition) is 9. The number of esters is 1. The third-order valence-corrected chi connectivity index (χ3v) is 5.53. The lowest BCUT2D eigenvalue weighted by Crippen LogP contribution is -2.29. The number of hydrogen-bond donors (Lipinski definition) is 2. The van der Waals surface area contributed by atoms with E-state index in [1.165, 1.54) is 12.6 Å². The van der Waals surface area contributed by atoms with Crippen molar-refractivity contribution in [1.29, 1.82) is 0 Å². The largest absolute Gasteiger partial charge is 0.492 e. The number of carbonyl (C=O) groups is 1. The molecule has 2 aliphatic rings. The second-order valence-corrected chi connectivity index (χ2v) is 7.79. The SMILES string of the molecule is CCOC(=O)c1cnc(NC2=NCCC=C2)nc1Nc1cccc(N2CCCCC2)c1OC. The third kappa shape index (κ3) is 5.42. The van der Waals surface area contributed by atoms with Gasteiger partial charge < -0.3 is 25.0 Å². The van der Waals surface area contributed by atoms with Gasteiger partial charge in [0.1, 0.15) is 11.4 Å². The van der Waals surface area contributed by atoms with Crippen molar-refractivity contribution in [3.8, 4) is 5.75 Å². The van der Waals surface area contributed by atoms with Crippen LogP contribution in [0.15, 0.2) is 41.5 Å². The highest BCUT2D eigenvalue weighted by Crippen LogP contribution is 2.38. The first-order chi connectivity index (χ1) is 16.2. The van der Waals surface area contributed by atoms with Crippen molar-refractivity contribution in [1.82, 2.24) is 9.97 Å². The maximum Gasteiger partial charge on any atom is 0.343 e. The third-order valence-electron chi connectivity index (χ3n) is 5.53. The van der Waals surface area contributed by atoms with Gasteiger partial charge in [0.05, 0.1) is 25.1 Å². The number of aromatic nitrogens is 2. The summed E-state index contributed by atoms with van der Waals surface area (Å²) in [4.78, 5) is 28.2. The number of nitrogens with zero attached hydrogens (tertiary/aromatic N) is 4. The summed E-state index contributed by atoms with van der Waals surface area (Å²) in [5.41, 5.74) is 1.98. The molecule has 0 atom stereocenters. The average molecular weight is 451 g/mol. The maximum atomic E-state index is 12.6. The molecule has 9 nitrogen and oxygen atoms in total. The number of dihydropyridines is 1. The zero-order valence-electron chi connectivity index (χ0n) is 19.1. The number of amidine groups is 1. The molecule has 4 rings (SSSR count). The zero-order valence-corrected chi connectivity index (χ0v) is 19.1. The van der Waals surface area contributed by atoms with Gasteiger partial charge in [-0.25, -0.2) is 9.78 Å². The first-order valence-electron chi connectivity index (χ1n) is 11.4. The van der Waals surface area contributed by atoms with Crippen molar-refractivity contribution < 1.29 is 14.3 Å². The number of para-hydroxylation sites is 1. The molecule has 2 aliphatic heterocycles. The fraction of sp³-hybridized carbons (Fsp3) is 0.417. The van der Waals surface area contributed by atoms with Gasteiger partial charge in [0.2, 0.25) is 5.95 Å². The Morgan fingerprint density at radius 2 is 2.03 bits per heavy atom. The van der Waals surface area contributed by atoms with Crippen molar-refractivity contribution in [2.24, 2.45) is 4.99 Å². The highest BCUT2D eigenvalue weighted by molar-refractivity contribution is 6.03. The van der Waals surface area contributed by atoms with Crippen LogP contribution in [0, 0.1) is 0 Å². The maximum absolute atomic E-state index is 12.6. The van der Waals surface area contributed by atoms with E-state index in [0.717, 1.165) is 38.0 Å². The topological polar surface area (TPSA) is 101 Å². The van der Waals surface area contributed by atoms with Crippen LogP contribution >= 0.6 is 0 Å². The van der Waals surface area contributed by atoms with Gasteiger partial charge in [0.15, 0.2) is 11.6 Å². The van der Waals surface area contributed by atoms with Crippen LogP contribution in [0.2, 0.25) is 0 Å². The summed E-state index contributed by atoms with van der Waals surface area (Å²) < 4.78 is 11.0. The Kier molecular flexibility index (Phi) is 7.39. The average Bonchev–Trinajstić information content (AvgIpc) is 2.85. The quantitative estimate of drug-likeness (QED) is 0.606. The van der Waals surface area contributed by atoms with Crippen LogP contribution in [0.4, 0.5) is 23.1 Å². The van der Waals surface area contributed by atoms with E-state index in [-0.39, 0.29) is 12.2 Å². The van der Waals surface area contributed by atoms with Crippen molar-refractivity contribution in [2.45, 2.75) is 32.6 Å². The minimum atomic E-state index is -0.493. The molecule has 0 aliphatic carbocycles. The van der Waals surface area contributed by atoms with E-state index < -0.39 is 5.97 Å². The second kappa shape index (κ2) is 10.8. The monoisotopic (exact) mass is 450 g/mol. The Morgan fingerprint density at radius 1 is 1.18 bits per heavy atom. The van der Waals surface area contributed by atoms with Gasteiger partial charge in [-0.15, -0.1) is 0 Å². The Morgan fingerprint density at radius 3 is 2.76 bits per heavy atom. The highest BCUT2D eigenvalue weighted by Gasteiger charge is 2.21. The predicted molar refractivity (Wildman–Crippen MR) is 130 cm³/mol. The second-order valence-electron chi connectivity index (χ2n) is 7.79. The summed E-state index contributed by atoms with van der Waals surface area (Å²) in [5, 5.41) is 6.39. The molecule has 3 heterocycles. The molecule has 1 saturated heterocycles. The summed E-state index contributed by atoms with van der Waals surface area (Å²) >= 11 is 0. The van der Waals surface area contributed by atoms with Crippen LogP contribution in [0.3, 0.4) is 0 Å². The first-order valence-corrected chi connectivity index (χ1v) is 11.4. The number of ether oxygens (including phenoxy) is 2. The number of methoxy groups -OCH3 is 1. The van der Waals surface area contributed by atoms with E-state index in [0.29, 0.717) is 35.6 Å². The van der Waals surface area contributed by atoms with E-state index in [1.807, 2.05) is 24.3 Å². The zero-order chi connectivity index (χ0) is 23.0. The summed E-state index contributed by atoms with van der Waals surface area (Å²) in [6, 6.07) is 5.94. The van der Waals surface area contributed by atoms with Crippen LogP contribution in [-0.2, 0) is 4.74 Å². The Hall–Kier alpha value is -3.62. The van der Waals surface area contributed by atoms with Crippen molar-refractivity contribution in [2.75, 3.05) is 48.9 Å². The number of piperidine rings is 1. The van der Waals surface area contributed by atoms with Gasteiger partial charge >= 0.3 is 5.97 Å². The number of benzene rings is 1. The lowest BCUT2D eigenvalue weighted by atomic mass is 10.1. The van der Waals surface area contributed by atoms with Crippen molar-refractivity contribution in [3.63, 3.8) is 0 Å². The molecule has 174 valence electrons. The highest BCUT2D eigenvalue weighted by atomic mass is 16.5. The standard InChI is InChI=1S/C24H30N6O3/c1-3-33-23(31)17-16-26-24(28-20-12-5-6-13-25-20)29-22(17)27-18-10-9-11-19(21(18)32-2)30-14-7-4-8-15-30/h5,9-12,16H,3-4,6-8,13-15H2,1-2H3,(H2,25,26,27,28,29). The molecule has 0 unspecified atom stereocenters. The lowest BCUT2D eigenvalue weighted by Gasteiger charge is -2.30. The van der Waals surface area contributed by atoms with Gasteiger partial charge in [-0.1, -0.05) is 12.1 Å². The van der Waals surface area contributed by atoms with Gasteiger partial charge in [0.25, 0.3) is 0 Å². The van der Waals surface area contributed by atoms with Crippen LogP contribution in [0.25, 0.3) is 0 Å². The van der Waals surface area contributed by atoms with Gasteiger partial charge in [-0.3, -0.25) is 4.99 Å². The minimum Gasteiger partial charge on any atom is -0.492 e. The molecule has 2 aromatic rings. The molecule has 0 spiro atoms. The number of nitrogens with one attached hydrogen (secondary N) is 2. The summed E-state index contributed by atoms with van der Waals surface area (Å²) in [6.07, 6.45) is 9.87. The van der Waals surface area contributed by atoms with Crippen LogP contribution in [0.1, 0.15) is 43.0 Å². The minimum absolute atomic E-state index is 0.244. The fourth-order valence-electron chi connectivity index (χ4n) is 3.95. The number of aliphatic imine (C=N–C) groups is 1. The van der Waals surface area contributed by atoms with Crippen molar-refractivity contribution in [3.05, 3.63) is 42.1 Å². The Balaban J connectivity index is 1.67. The number of anilines is 4. The summed E-state index contributed by atoms with van der Waals surface area (Å²) in [6.45, 7) is 4.72. The smallest absolute Gasteiger partial charge is 0.343 e. The van der Waals surface area contributed by atoms with Crippen LogP contribution < -0.4 is 20.3 Å². The number of carbonyl (C=O) groups excluding carboxylic acids is 1. The molecule has 0 saturated carbocycles. The molecule has 1 aromatic carbocycles. The predicted octanol–water partition coefficient (Wildman–Crippen LogP) is 4.17. The van der Waals surface area contributed by atoms with Gasteiger partial charge in [0, 0.05) is 25.8 Å². The van der Waals surface area contributed by atoms with Crippen molar-refractivity contribution >= 4 is 34.9 Å². The van der Waals surface area contributed by atoms with Gasteiger partial charge in [-0.2, -0.15) is 4.98 Å². The van der Waals surface area contributed by atoms with Gasteiger partial charge in [-0.05, 0) is 50.8 Å². The van der Waals surface area contributed by atoms with Crippen LogP contribution in [-0.4, -0.2) is 55.1 Å². The molecule has 33 heavy (non-hydrogen) atoms. The van der Waals surface area contributed by atoms with E-state index in [4.69, 9.17) is 9.47 Å². The van der Waals surface area contributed by atoms with E-state index in [9.17, 15) is 4.79 Å². The summed E-state index contributed by atoms with van der Waals surface area (Å²) in [5.74, 6) is 1.57. The lowest BCUT2D eigenvalue weighted by molar-refractivity contribution is 0.0526. The molecular weight excluding hydrogens is 420 g/mol. The first kappa shape index (κ1) is 22.6. The Labute approximate surface area is 193 Å². The molecule has 9 heteroatoms. The van der Waals surface area contributed by atoms with E-state index in [2.05, 4.69) is 36.6 Å². The molecule has 0 bridgehead atoms. The Bertz CT molecular complexity index is 1050. The molecular formula is C24H30N6O3. The summed E-state index contributed by atoms with van der Waals surface area (Å²) in [7, 11) is 1.65. The van der Waals surface area contributed by atoms with E-state index >= 15 is 0 Å². The van der Waals surface area contributed by atoms with E-state index in [1.54, 1.807) is 14.0 Å².